The summed E-state index contributed by atoms with van der Waals surface area (Å²) in [5, 5.41) is 16.5. The first-order chi connectivity index (χ1) is 12.1. The highest BCUT2D eigenvalue weighted by atomic mass is 16.3. The number of benzene rings is 1. The fraction of sp³-hybridized carbons (Fsp3) is 0.600. The maximum Gasteiger partial charge on any atom is 0.255 e. The van der Waals surface area contributed by atoms with Crippen LogP contribution in [-0.4, -0.2) is 53.6 Å². The summed E-state index contributed by atoms with van der Waals surface area (Å²) in [5.41, 5.74) is 0.296. The monoisotopic (exact) mass is 361 g/mol. The number of likely N-dealkylation sites (tertiary alicyclic amines) is 1. The Balaban J connectivity index is 1.86. The highest BCUT2D eigenvalue weighted by molar-refractivity contribution is 5.93. The van der Waals surface area contributed by atoms with E-state index in [-0.39, 0.29) is 30.3 Å². The quantitative estimate of drug-likeness (QED) is 0.723. The van der Waals surface area contributed by atoms with Crippen molar-refractivity contribution in [3.63, 3.8) is 0 Å². The van der Waals surface area contributed by atoms with E-state index in [0.717, 1.165) is 17.7 Å². The average molecular weight is 361 g/mol. The zero-order valence-corrected chi connectivity index (χ0v) is 16.3. The smallest absolute Gasteiger partial charge is 0.255 e. The van der Waals surface area contributed by atoms with E-state index in [1.807, 2.05) is 31.2 Å². The van der Waals surface area contributed by atoms with Gasteiger partial charge in [0.05, 0.1) is 6.54 Å². The van der Waals surface area contributed by atoms with Gasteiger partial charge in [0, 0.05) is 25.3 Å². The van der Waals surface area contributed by atoms with Crippen molar-refractivity contribution in [2.24, 2.45) is 5.41 Å². The van der Waals surface area contributed by atoms with Crippen molar-refractivity contribution in [2.75, 3.05) is 31.5 Å². The molecule has 1 heterocycles. The lowest BCUT2D eigenvalue weighted by Crippen LogP contribution is -2.59. The second kappa shape index (κ2) is 8.18. The van der Waals surface area contributed by atoms with Crippen molar-refractivity contribution in [3.05, 3.63) is 29.8 Å². The molecular weight excluding hydrogens is 330 g/mol. The number of anilines is 1. The molecule has 1 aromatic carbocycles. The topological polar surface area (TPSA) is 81.7 Å². The second-order valence-electron chi connectivity index (χ2n) is 8.39. The summed E-state index contributed by atoms with van der Waals surface area (Å²) >= 11 is 0. The van der Waals surface area contributed by atoms with E-state index in [4.69, 9.17) is 0 Å². The molecule has 1 atom stereocenters. The third kappa shape index (κ3) is 5.54. The first-order valence-electron chi connectivity index (χ1n) is 9.19. The normalized spacial score (nSPS) is 21.0. The molecule has 144 valence electrons. The summed E-state index contributed by atoms with van der Waals surface area (Å²) in [5.74, 6) is -0.441. The average Bonchev–Trinajstić information content (AvgIpc) is 2.53. The van der Waals surface area contributed by atoms with Gasteiger partial charge in [0.15, 0.2) is 5.60 Å². The zero-order valence-electron chi connectivity index (χ0n) is 16.3. The van der Waals surface area contributed by atoms with Gasteiger partial charge in [0.1, 0.15) is 0 Å². The summed E-state index contributed by atoms with van der Waals surface area (Å²) in [4.78, 5) is 26.5. The minimum Gasteiger partial charge on any atom is -0.379 e. The van der Waals surface area contributed by atoms with E-state index in [1.54, 1.807) is 4.90 Å². The van der Waals surface area contributed by atoms with Crippen LogP contribution in [0.2, 0.25) is 0 Å². The van der Waals surface area contributed by atoms with Gasteiger partial charge in [0.2, 0.25) is 5.91 Å². The van der Waals surface area contributed by atoms with Gasteiger partial charge in [-0.15, -0.1) is 0 Å². The molecule has 1 aromatic rings. The maximum atomic E-state index is 12.7. The highest BCUT2D eigenvalue weighted by Crippen LogP contribution is 2.25. The molecule has 0 unspecified atom stereocenters. The molecule has 0 bridgehead atoms. The van der Waals surface area contributed by atoms with Gasteiger partial charge in [-0.25, -0.2) is 0 Å². The van der Waals surface area contributed by atoms with Crippen LogP contribution in [0.5, 0.6) is 0 Å². The lowest BCUT2D eigenvalue weighted by atomic mass is 9.88. The van der Waals surface area contributed by atoms with E-state index >= 15 is 0 Å². The molecule has 0 spiro atoms. The van der Waals surface area contributed by atoms with Crippen molar-refractivity contribution >= 4 is 17.5 Å². The van der Waals surface area contributed by atoms with Gasteiger partial charge in [0.25, 0.3) is 5.91 Å². The summed E-state index contributed by atoms with van der Waals surface area (Å²) in [7, 11) is 0. The zero-order chi connectivity index (χ0) is 19.4. The summed E-state index contributed by atoms with van der Waals surface area (Å²) in [6, 6.07) is 7.55. The fourth-order valence-electron chi connectivity index (χ4n) is 3.24. The number of para-hydroxylation sites is 1. The van der Waals surface area contributed by atoms with Crippen LogP contribution in [0.4, 0.5) is 5.69 Å². The van der Waals surface area contributed by atoms with E-state index in [0.29, 0.717) is 19.5 Å². The Morgan fingerprint density at radius 2 is 2.00 bits per heavy atom. The minimum atomic E-state index is -1.44. The molecule has 0 aliphatic carbocycles. The van der Waals surface area contributed by atoms with Gasteiger partial charge >= 0.3 is 0 Å². The SMILES string of the molecule is Cc1ccccc1NC(=O)CNC[C@@]1(O)CCCN(CC(C)(C)C)C1=O. The van der Waals surface area contributed by atoms with Crippen LogP contribution in [-0.2, 0) is 9.59 Å². The van der Waals surface area contributed by atoms with E-state index < -0.39 is 5.60 Å². The maximum absolute atomic E-state index is 12.7. The molecule has 6 nitrogen and oxygen atoms in total. The molecule has 1 saturated heterocycles. The molecule has 1 fully saturated rings. The third-order valence-corrected chi connectivity index (χ3v) is 4.49. The van der Waals surface area contributed by atoms with E-state index in [1.165, 1.54) is 0 Å². The van der Waals surface area contributed by atoms with Crippen LogP contribution in [0.25, 0.3) is 0 Å². The van der Waals surface area contributed by atoms with Crippen LogP contribution in [0.15, 0.2) is 24.3 Å². The van der Waals surface area contributed by atoms with Gasteiger partial charge in [-0.1, -0.05) is 39.0 Å². The van der Waals surface area contributed by atoms with Gasteiger partial charge in [-0.2, -0.15) is 0 Å². The molecule has 26 heavy (non-hydrogen) atoms. The Labute approximate surface area is 156 Å². The number of hydrogen-bond acceptors (Lipinski definition) is 4. The van der Waals surface area contributed by atoms with E-state index in [9.17, 15) is 14.7 Å². The summed E-state index contributed by atoms with van der Waals surface area (Å²) in [6.45, 7) is 9.55. The van der Waals surface area contributed by atoms with Crippen molar-refractivity contribution < 1.29 is 14.7 Å². The highest BCUT2D eigenvalue weighted by Gasteiger charge is 2.42. The van der Waals surface area contributed by atoms with Gasteiger partial charge in [-0.3, -0.25) is 9.59 Å². The number of nitrogens with one attached hydrogen (secondary N) is 2. The second-order valence-corrected chi connectivity index (χ2v) is 8.39. The van der Waals surface area contributed by atoms with Crippen molar-refractivity contribution in [2.45, 2.75) is 46.1 Å². The number of aryl methyl sites for hydroxylation is 1. The number of carbonyl (C=O) groups is 2. The summed E-state index contributed by atoms with van der Waals surface area (Å²) in [6.07, 6.45) is 1.17. The van der Waals surface area contributed by atoms with Crippen molar-refractivity contribution in [1.29, 1.82) is 0 Å². The lowest BCUT2D eigenvalue weighted by Gasteiger charge is -2.40. The third-order valence-electron chi connectivity index (χ3n) is 4.49. The Bertz CT molecular complexity index is 654. The van der Waals surface area contributed by atoms with E-state index in [2.05, 4.69) is 31.4 Å². The first kappa shape index (κ1) is 20.4. The number of aliphatic hydroxyl groups is 1. The predicted octanol–water partition coefficient (Wildman–Crippen LogP) is 1.92. The minimum absolute atomic E-state index is 0.0191. The van der Waals surface area contributed by atoms with Crippen LogP contribution >= 0.6 is 0 Å². The molecule has 1 aliphatic heterocycles. The summed E-state index contributed by atoms with van der Waals surface area (Å²) < 4.78 is 0. The molecule has 0 saturated carbocycles. The van der Waals surface area contributed by atoms with Crippen LogP contribution in [0, 0.1) is 12.3 Å². The number of nitrogens with zero attached hydrogens (tertiary/aromatic N) is 1. The molecule has 0 radical (unpaired) electrons. The molecule has 0 aromatic heterocycles. The van der Waals surface area contributed by atoms with Crippen molar-refractivity contribution in [3.8, 4) is 0 Å². The Morgan fingerprint density at radius 3 is 2.65 bits per heavy atom. The number of carbonyl (C=O) groups excluding carboxylic acids is 2. The molecular formula is C20H31N3O3. The standard InChI is InChI=1S/C20H31N3O3/c1-15-8-5-6-9-16(15)22-17(24)12-21-13-20(26)10-7-11-23(18(20)25)14-19(2,3)4/h5-6,8-9,21,26H,7,10-14H2,1-4H3,(H,22,24)/t20-/m0/s1. The first-order valence-corrected chi connectivity index (χ1v) is 9.19. The molecule has 2 rings (SSSR count). The fourth-order valence-corrected chi connectivity index (χ4v) is 3.24. The Kier molecular flexibility index (Phi) is 6.42. The largest absolute Gasteiger partial charge is 0.379 e. The number of hydrogen-bond donors (Lipinski definition) is 3. The molecule has 2 amide bonds. The van der Waals surface area contributed by atoms with Gasteiger partial charge < -0.3 is 20.6 Å². The van der Waals surface area contributed by atoms with Gasteiger partial charge in [-0.05, 0) is 36.8 Å². The lowest BCUT2D eigenvalue weighted by molar-refractivity contribution is -0.158. The molecule has 3 N–H and O–H groups in total. The Hall–Kier alpha value is -1.92. The van der Waals surface area contributed by atoms with Crippen LogP contribution in [0.1, 0.15) is 39.2 Å². The molecule has 1 aliphatic rings. The Morgan fingerprint density at radius 1 is 1.31 bits per heavy atom. The number of piperidine rings is 1. The number of amides is 2. The molecule has 6 heteroatoms. The van der Waals surface area contributed by atoms with Crippen LogP contribution in [0.3, 0.4) is 0 Å². The van der Waals surface area contributed by atoms with Crippen LogP contribution < -0.4 is 10.6 Å². The predicted molar refractivity (Wildman–Crippen MR) is 103 cm³/mol. The number of rotatable bonds is 6. The van der Waals surface area contributed by atoms with Crippen molar-refractivity contribution in [1.82, 2.24) is 10.2 Å².